The molecule has 0 aromatic heterocycles. The summed E-state index contributed by atoms with van der Waals surface area (Å²) in [5.74, 6) is -0.151. The van der Waals surface area contributed by atoms with E-state index in [1.54, 1.807) is 12.1 Å². The second-order valence-electron chi connectivity index (χ2n) is 8.48. The van der Waals surface area contributed by atoms with Gasteiger partial charge >= 0.3 is 0 Å². The predicted molar refractivity (Wildman–Crippen MR) is 117 cm³/mol. The van der Waals surface area contributed by atoms with Gasteiger partial charge in [0.25, 0.3) is 0 Å². The maximum Gasteiger partial charge on any atom is 0.242 e. The number of rotatable bonds is 7. The topological polar surface area (TPSA) is 69.7 Å². The van der Waals surface area contributed by atoms with Gasteiger partial charge in [-0.05, 0) is 47.9 Å². The van der Waals surface area contributed by atoms with Crippen molar-refractivity contribution in [3.05, 3.63) is 59.7 Å². The van der Waals surface area contributed by atoms with E-state index in [9.17, 15) is 13.2 Å². The molecular weight excluding hydrogens is 386 g/mol. The molecule has 0 spiro atoms. The molecule has 0 aliphatic rings. The van der Waals surface area contributed by atoms with E-state index in [4.69, 9.17) is 0 Å². The van der Waals surface area contributed by atoms with Gasteiger partial charge in [-0.2, -0.15) is 0 Å². The number of carbonyl (C=O) groups excluding carboxylic acids is 1. The first-order valence-corrected chi connectivity index (χ1v) is 10.9. The maximum atomic E-state index is 12.3. The molecule has 0 atom stereocenters. The smallest absolute Gasteiger partial charge is 0.242 e. The molecule has 1 N–H and O–H groups in total. The summed E-state index contributed by atoms with van der Waals surface area (Å²) >= 11 is 0. The van der Waals surface area contributed by atoms with Gasteiger partial charge in [0.05, 0.1) is 11.4 Å². The highest BCUT2D eigenvalue weighted by Crippen LogP contribution is 2.22. The molecule has 0 aliphatic carbocycles. The standard InChI is InChI=1S/C22H31N3O3S/c1-22(2,3)18-9-7-17(8-10-18)15-25(6)16-21(26)23-19-11-13-20(14-12-19)29(27,28)24(4)5/h7-14H,15-16H2,1-6H3,(H,23,26). The van der Waals surface area contributed by atoms with Crippen molar-refractivity contribution in [1.29, 1.82) is 0 Å². The van der Waals surface area contributed by atoms with Gasteiger partial charge in [0.15, 0.2) is 0 Å². The van der Waals surface area contributed by atoms with Gasteiger partial charge in [0.2, 0.25) is 15.9 Å². The van der Waals surface area contributed by atoms with E-state index in [0.717, 1.165) is 9.87 Å². The highest BCUT2D eigenvalue weighted by atomic mass is 32.2. The summed E-state index contributed by atoms with van der Waals surface area (Å²) in [7, 11) is 1.38. The Hall–Kier alpha value is -2.22. The number of nitrogens with one attached hydrogen (secondary N) is 1. The number of hydrogen-bond acceptors (Lipinski definition) is 4. The van der Waals surface area contributed by atoms with Gasteiger partial charge in [0, 0.05) is 26.3 Å². The van der Waals surface area contributed by atoms with Crippen molar-refractivity contribution in [2.45, 2.75) is 37.6 Å². The van der Waals surface area contributed by atoms with Crippen molar-refractivity contribution in [2.75, 3.05) is 33.0 Å². The van der Waals surface area contributed by atoms with Crippen molar-refractivity contribution in [3.63, 3.8) is 0 Å². The molecule has 0 unspecified atom stereocenters. The number of anilines is 1. The Morgan fingerprint density at radius 1 is 0.931 bits per heavy atom. The lowest BCUT2D eigenvalue weighted by Gasteiger charge is -2.20. The van der Waals surface area contributed by atoms with Crippen LogP contribution < -0.4 is 5.32 Å². The van der Waals surface area contributed by atoms with Gasteiger partial charge in [-0.1, -0.05) is 45.0 Å². The maximum absolute atomic E-state index is 12.3. The van der Waals surface area contributed by atoms with Crippen LogP contribution in [0.25, 0.3) is 0 Å². The minimum Gasteiger partial charge on any atom is -0.325 e. The average Bonchev–Trinajstić information content (AvgIpc) is 2.61. The Morgan fingerprint density at radius 2 is 1.48 bits per heavy atom. The molecule has 1 amide bonds. The summed E-state index contributed by atoms with van der Waals surface area (Å²) in [6.07, 6.45) is 0. The van der Waals surface area contributed by atoms with E-state index in [-0.39, 0.29) is 22.8 Å². The molecule has 2 aromatic rings. The fourth-order valence-corrected chi connectivity index (χ4v) is 3.75. The first-order chi connectivity index (χ1) is 13.4. The van der Waals surface area contributed by atoms with Gasteiger partial charge < -0.3 is 5.32 Å². The van der Waals surface area contributed by atoms with Crippen molar-refractivity contribution >= 4 is 21.6 Å². The number of sulfonamides is 1. The lowest BCUT2D eigenvalue weighted by molar-refractivity contribution is -0.117. The molecule has 2 aromatic carbocycles. The summed E-state index contributed by atoms with van der Waals surface area (Å²) in [6, 6.07) is 14.6. The summed E-state index contributed by atoms with van der Waals surface area (Å²) in [5, 5.41) is 2.81. The van der Waals surface area contributed by atoms with Crippen LogP contribution in [-0.2, 0) is 26.8 Å². The van der Waals surface area contributed by atoms with Crippen molar-refractivity contribution < 1.29 is 13.2 Å². The first-order valence-electron chi connectivity index (χ1n) is 9.50. The molecule has 0 saturated heterocycles. The molecule has 2 rings (SSSR count). The summed E-state index contributed by atoms with van der Waals surface area (Å²) in [5.41, 5.74) is 3.11. The molecule has 0 fully saturated rings. The summed E-state index contributed by atoms with van der Waals surface area (Å²) in [4.78, 5) is 14.4. The Bertz CT molecular complexity index is 929. The molecule has 158 valence electrons. The minimum atomic E-state index is -3.48. The van der Waals surface area contributed by atoms with E-state index in [2.05, 4.69) is 50.4 Å². The SMILES string of the molecule is CN(CC(=O)Nc1ccc(S(=O)(=O)N(C)C)cc1)Cc1ccc(C(C)(C)C)cc1. The lowest BCUT2D eigenvalue weighted by atomic mass is 9.87. The van der Waals surface area contributed by atoms with Crippen LogP contribution in [0.1, 0.15) is 31.9 Å². The van der Waals surface area contributed by atoms with E-state index in [1.807, 2.05) is 11.9 Å². The van der Waals surface area contributed by atoms with Crippen molar-refractivity contribution in [2.24, 2.45) is 0 Å². The van der Waals surface area contributed by atoms with E-state index in [0.29, 0.717) is 12.2 Å². The largest absolute Gasteiger partial charge is 0.325 e. The third kappa shape index (κ3) is 6.39. The Kier molecular flexibility index (Phi) is 7.21. The highest BCUT2D eigenvalue weighted by Gasteiger charge is 2.17. The number of likely N-dealkylation sites (N-methyl/N-ethyl adjacent to an activating group) is 1. The fourth-order valence-electron chi connectivity index (χ4n) is 2.84. The third-order valence-electron chi connectivity index (χ3n) is 4.60. The molecular formula is C22H31N3O3S. The van der Waals surface area contributed by atoms with Crippen LogP contribution in [0.5, 0.6) is 0 Å². The Morgan fingerprint density at radius 3 is 1.97 bits per heavy atom. The zero-order valence-electron chi connectivity index (χ0n) is 18.1. The number of nitrogens with zero attached hydrogens (tertiary/aromatic N) is 2. The van der Waals surface area contributed by atoms with Crippen LogP contribution in [-0.4, -0.2) is 51.2 Å². The quantitative estimate of drug-likeness (QED) is 0.750. The van der Waals surface area contributed by atoms with E-state index >= 15 is 0 Å². The molecule has 0 heterocycles. The van der Waals surface area contributed by atoms with E-state index < -0.39 is 10.0 Å². The normalized spacial score (nSPS) is 12.4. The van der Waals surface area contributed by atoms with E-state index in [1.165, 1.54) is 31.8 Å². The lowest BCUT2D eigenvalue weighted by Crippen LogP contribution is -2.29. The Labute approximate surface area is 174 Å². The fraction of sp³-hybridized carbons (Fsp3) is 0.409. The van der Waals surface area contributed by atoms with Crippen LogP contribution in [0.2, 0.25) is 0 Å². The monoisotopic (exact) mass is 417 g/mol. The number of amides is 1. The second-order valence-corrected chi connectivity index (χ2v) is 10.6. The highest BCUT2D eigenvalue weighted by molar-refractivity contribution is 7.89. The Balaban J connectivity index is 1.92. The predicted octanol–water partition coefficient (Wildman–Crippen LogP) is 3.30. The number of hydrogen-bond donors (Lipinski definition) is 1. The molecule has 0 aliphatic heterocycles. The van der Waals surface area contributed by atoms with Gasteiger partial charge in [-0.15, -0.1) is 0 Å². The second kappa shape index (κ2) is 9.07. The molecule has 29 heavy (non-hydrogen) atoms. The van der Waals surface area contributed by atoms with Gasteiger partial charge in [0.1, 0.15) is 0 Å². The van der Waals surface area contributed by atoms with Crippen LogP contribution in [0.3, 0.4) is 0 Å². The third-order valence-corrected chi connectivity index (χ3v) is 6.43. The van der Waals surface area contributed by atoms with Crippen LogP contribution in [0.4, 0.5) is 5.69 Å². The first kappa shape index (κ1) is 23.1. The molecule has 0 saturated carbocycles. The summed E-state index contributed by atoms with van der Waals surface area (Å²) in [6.45, 7) is 7.44. The number of carbonyl (C=O) groups is 1. The summed E-state index contributed by atoms with van der Waals surface area (Å²) < 4.78 is 25.3. The minimum absolute atomic E-state index is 0.117. The van der Waals surface area contributed by atoms with Crippen molar-refractivity contribution in [1.82, 2.24) is 9.21 Å². The van der Waals surface area contributed by atoms with Crippen LogP contribution in [0, 0.1) is 0 Å². The van der Waals surface area contributed by atoms with Crippen molar-refractivity contribution in [3.8, 4) is 0 Å². The number of benzene rings is 2. The molecule has 0 bridgehead atoms. The molecule has 7 heteroatoms. The van der Waals surface area contributed by atoms with Crippen LogP contribution in [0.15, 0.2) is 53.4 Å². The molecule has 6 nitrogen and oxygen atoms in total. The van der Waals surface area contributed by atoms with Gasteiger partial charge in [-0.25, -0.2) is 12.7 Å². The zero-order valence-corrected chi connectivity index (χ0v) is 18.9. The zero-order chi connectivity index (χ0) is 21.8. The molecule has 0 radical (unpaired) electrons. The average molecular weight is 418 g/mol. The van der Waals surface area contributed by atoms with Gasteiger partial charge in [-0.3, -0.25) is 9.69 Å². The van der Waals surface area contributed by atoms with Crippen LogP contribution >= 0.6 is 0 Å².